The Hall–Kier alpha value is -2.47. The molecule has 4 nitrogen and oxygen atoms in total. The number of nitrogens with zero attached hydrogens (tertiary/aromatic N) is 3. The van der Waals surface area contributed by atoms with Crippen molar-refractivity contribution >= 4 is 11.0 Å². The van der Waals surface area contributed by atoms with Crippen molar-refractivity contribution in [3.63, 3.8) is 0 Å². The van der Waals surface area contributed by atoms with Gasteiger partial charge in [0.2, 0.25) is 0 Å². The Bertz CT molecular complexity index is 789. The lowest BCUT2D eigenvalue weighted by Crippen LogP contribution is -2.25. The highest BCUT2D eigenvalue weighted by Crippen LogP contribution is 2.23. The standard InChI is InChI=1S/C18H19F2N3O/c1-22(11-12-24-14-7-3-2-4-8-14)13-17-21-15-9-5-6-10-16(15)23(17)18(19)20/h2-10,18H,11-13H2,1H3. The molecule has 0 fully saturated rings. The fourth-order valence-electron chi connectivity index (χ4n) is 2.58. The highest BCUT2D eigenvalue weighted by Gasteiger charge is 2.18. The van der Waals surface area contributed by atoms with Gasteiger partial charge in [0.1, 0.15) is 18.2 Å². The van der Waals surface area contributed by atoms with Crippen molar-refractivity contribution in [1.82, 2.24) is 14.5 Å². The minimum Gasteiger partial charge on any atom is -0.492 e. The predicted octanol–water partition coefficient (Wildman–Crippen LogP) is 3.94. The second kappa shape index (κ2) is 7.40. The van der Waals surface area contributed by atoms with Gasteiger partial charge in [0.15, 0.2) is 0 Å². The molecule has 0 radical (unpaired) electrons. The van der Waals surface area contributed by atoms with E-state index in [-0.39, 0.29) is 0 Å². The van der Waals surface area contributed by atoms with Gasteiger partial charge < -0.3 is 4.74 Å². The van der Waals surface area contributed by atoms with Gasteiger partial charge in [-0.1, -0.05) is 30.3 Å². The van der Waals surface area contributed by atoms with Crippen LogP contribution in [0.5, 0.6) is 5.75 Å². The van der Waals surface area contributed by atoms with Crippen LogP contribution >= 0.6 is 0 Å². The Morgan fingerprint density at radius 3 is 2.54 bits per heavy atom. The first-order valence-electron chi connectivity index (χ1n) is 7.75. The van der Waals surface area contributed by atoms with E-state index >= 15 is 0 Å². The summed E-state index contributed by atoms with van der Waals surface area (Å²) < 4.78 is 33.4. The summed E-state index contributed by atoms with van der Waals surface area (Å²) in [5.41, 5.74) is 1.04. The maximum absolute atomic E-state index is 13.4. The summed E-state index contributed by atoms with van der Waals surface area (Å²) in [6, 6.07) is 16.5. The van der Waals surface area contributed by atoms with Crippen LogP contribution in [0.3, 0.4) is 0 Å². The number of rotatable bonds is 7. The molecule has 3 aromatic rings. The van der Waals surface area contributed by atoms with Crippen LogP contribution in [0, 0.1) is 0 Å². The van der Waals surface area contributed by atoms with E-state index in [9.17, 15) is 8.78 Å². The third-order valence-electron chi connectivity index (χ3n) is 3.76. The molecule has 0 N–H and O–H groups in total. The fourth-order valence-corrected chi connectivity index (χ4v) is 2.58. The molecule has 126 valence electrons. The number of alkyl halides is 2. The van der Waals surface area contributed by atoms with Gasteiger partial charge in [0, 0.05) is 6.54 Å². The number of hydrogen-bond acceptors (Lipinski definition) is 3. The number of hydrogen-bond donors (Lipinski definition) is 0. The van der Waals surface area contributed by atoms with Gasteiger partial charge in [-0.3, -0.25) is 9.47 Å². The lowest BCUT2D eigenvalue weighted by atomic mass is 10.3. The Balaban J connectivity index is 1.64. The van der Waals surface area contributed by atoms with Crippen LogP contribution in [-0.4, -0.2) is 34.7 Å². The van der Waals surface area contributed by atoms with Crippen LogP contribution in [0.2, 0.25) is 0 Å². The van der Waals surface area contributed by atoms with Gasteiger partial charge in [0.25, 0.3) is 0 Å². The van der Waals surface area contributed by atoms with Gasteiger partial charge in [-0.15, -0.1) is 0 Å². The van der Waals surface area contributed by atoms with E-state index in [0.29, 0.717) is 36.6 Å². The minimum absolute atomic E-state index is 0.331. The van der Waals surface area contributed by atoms with Gasteiger partial charge >= 0.3 is 6.55 Å². The largest absolute Gasteiger partial charge is 0.492 e. The number of ether oxygens (including phenoxy) is 1. The zero-order chi connectivity index (χ0) is 16.9. The molecule has 0 saturated heterocycles. The summed E-state index contributed by atoms with van der Waals surface area (Å²) in [4.78, 5) is 6.26. The quantitative estimate of drug-likeness (QED) is 0.657. The topological polar surface area (TPSA) is 30.3 Å². The van der Waals surface area contributed by atoms with Crippen LogP contribution in [0.4, 0.5) is 8.78 Å². The summed E-state index contributed by atoms with van der Waals surface area (Å²) in [6.45, 7) is -1.19. The summed E-state index contributed by atoms with van der Waals surface area (Å²) in [7, 11) is 1.86. The van der Waals surface area contributed by atoms with E-state index in [4.69, 9.17) is 4.74 Å². The Morgan fingerprint density at radius 1 is 1.08 bits per heavy atom. The molecule has 0 aliphatic carbocycles. The molecule has 3 rings (SSSR count). The number of aromatic nitrogens is 2. The molecule has 6 heteroatoms. The second-order valence-electron chi connectivity index (χ2n) is 5.56. The number of benzene rings is 2. The minimum atomic E-state index is -2.61. The molecule has 0 aliphatic rings. The fraction of sp³-hybridized carbons (Fsp3) is 0.278. The monoisotopic (exact) mass is 331 g/mol. The number of fused-ring (bicyclic) bond motifs is 1. The summed E-state index contributed by atoms with van der Waals surface area (Å²) in [5, 5.41) is 0. The number of imidazole rings is 1. The Kier molecular flexibility index (Phi) is 5.05. The molecule has 1 aromatic heterocycles. The van der Waals surface area contributed by atoms with E-state index in [1.54, 1.807) is 24.3 Å². The normalized spacial score (nSPS) is 11.5. The molecule has 24 heavy (non-hydrogen) atoms. The number of halogens is 2. The van der Waals surface area contributed by atoms with E-state index < -0.39 is 6.55 Å². The summed E-state index contributed by atoms with van der Waals surface area (Å²) in [5.74, 6) is 1.15. The number of para-hydroxylation sites is 3. The third-order valence-corrected chi connectivity index (χ3v) is 3.76. The first-order chi connectivity index (χ1) is 11.6. The Morgan fingerprint density at radius 2 is 1.79 bits per heavy atom. The first kappa shape index (κ1) is 16.4. The third kappa shape index (κ3) is 3.71. The highest BCUT2D eigenvalue weighted by atomic mass is 19.3. The van der Waals surface area contributed by atoms with Crippen molar-refractivity contribution in [3.05, 3.63) is 60.4 Å². The molecular formula is C18H19F2N3O. The zero-order valence-corrected chi connectivity index (χ0v) is 13.4. The SMILES string of the molecule is CN(CCOc1ccccc1)Cc1nc2ccccc2n1C(F)F. The smallest absolute Gasteiger partial charge is 0.320 e. The van der Waals surface area contributed by atoms with Crippen molar-refractivity contribution < 1.29 is 13.5 Å². The van der Waals surface area contributed by atoms with Crippen molar-refractivity contribution in [2.45, 2.75) is 13.1 Å². The zero-order valence-electron chi connectivity index (χ0n) is 13.4. The van der Waals surface area contributed by atoms with Crippen LogP contribution < -0.4 is 4.74 Å². The van der Waals surface area contributed by atoms with Crippen LogP contribution in [0.15, 0.2) is 54.6 Å². The van der Waals surface area contributed by atoms with Gasteiger partial charge in [-0.25, -0.2) is 4.98 Å². The van der Waals surface area contributed by atoms with Crippen LogP contribution in [0.25, 0.3) is 11.0 Å². The molecular weight excluding hydrogens is 312 g/mol. The molecule has 0 spiro atoms. The Labute approximate surface area is 139 Å². The van der Waals surface area contributed by atoms with Gasteiger partial charge in [-0.05, 0) is 31.3 Å². The van der Waals surface area contributed by atoms with Gasteiger partial charge in [-0.2, -0.15) is 8.78 Å². The summed E-state index contributed by atoms with van der Waals surface area (Å²) >= 11 is 0. The molecule has 0 saturated carbocycles. The number of likely N-dealkylation sites (N-methyl/N-ethyl adjacent to an activating group) is 1. The maximum Gasteiger partial charge on any atom is 0.320 e. The maximum atomic E-state index is 13.4. The molecule has 0 bridgehead atoms. The molecule has 2 aromatic carbocycles. The molecule has 1 heterocycles. The lowest BCUT2D eigenvalue weighted by molar-refractivity contribution is 0.0687. The van der Waals surface area contributed by atoms with Crippen molar-refractivity contribution in [2.24, 2.45) is 0 Å². The average Bonchev–Trinajstić information content (AvgIpc) is 2.93. The average molecular weight is 331 g/mol. The van der Waals surface area contributed by atoms with E-state index in [2.05, 4.69) is 4.98 Å². The van der Waals surface area contributed by atoms with Crippen molar-refractivity contribution in [2.75, 3.05) is 20.2 Å². The first-order valence-corrected chi connectivity index (χ1v) is 7.75. The second-order valence-corrected chi connectivity index (χ2v) is 5.56. The molecule has 0 unspecified atom stereocenters. The van der Waals surface area contributed by atoms with Crippen molar-refractivity contribution in [1.29, 1.82) is 0 Å². The lowest BCUT2D eigenvalue weighted by Gasteiger charge is -2.17. The van der Waals surface area contributed by atoms with Crippen LogP contribution in [-0.2, 0) is 6.54 Å². The molecule has 0 atom stereocenters. The highest BCUT2D eigenvalue weighted by molar-refractivity contribution is 5.75. The van der Waals surface area contributed by atoms with Gasteiger partial charge in [0.05, 0.1) is 17.6 Å². The van der Waals surface area contributed by atoms with Crippen molar-refractivity contribution in [3.8, 4) is 5.75 Å². The predicted molar refractivity (Wildman–Crippen MR) is 89.3 cm³/mol. The van der Waals surface area contributed by atoms with E-state index in [1.165, 1.54) is 0 Å². The van der Waals surface area contributed by atoms with E-state index in [0.717, 1.165) is 10.3 Å². The molecule has 0 amide bonds. The molecule has 0 aliphatic heterocycles. The van der Waals surface area contributed by atoms with E-state index in [1.807, 2.05) is 42.3 Å². The van der Waals surface area contributed by atoms with Crippen LogP contribution in [0.1, 0.15) is 12.4 Å². The summed E-state index contributed by atoms with van der Waals surface area (Å²) in [6.07, 6.45) is 0.